The second kappa shape index (κ2) is 5.68. The van der Waals surface area contributed by atoms with Gasteiger partial charge in [0.15, 0.2) is 5.69 Å². The van der Waals surface area contributed by atoms with Gasteiger partial charge >= 0.3 is 0 Å². The monoisotopic (exact) mass is 275 g/mol. The van der Waals surface area contributed by atoms with Gasteiger partial charge < -0.3 is 14.6 Å². The van der Waals surface area contributed by atoms with E-state index >= 15 is 0 Å². The van der Waals surface area contributed by atoms with Gasteiger partial charge in [-0.3, -0.25) is 4.79 Å². The molecule has 0 spiro atoms. The number of hydrogen-bond donors (Lipinski definition) is 1. The van der Waals surface area contributed by atoms with Gasteiger partial charge in [-0.25, -0.2) is 4.98 Å². The summed E-state index contributed by atoms with van der Waals surface area (Å²) in [5, 5.41) is 10.9. The van der Waals surface area contributed by atoms with Crippen molar-refractivity contribution in [2.24, 2.45) is 0 Å². The lowest BCUT2D eigenvalue weighted by molar-refractivity contribution is 0.0821. The fourth-order valence-corrected chi connectivity index (χ4v) is 1.55. The van der Waals surface area contributed by atoms with Gasteiger partial charge in [0.2, 0.25) is 5.89 Å². The van der Waals surface area contributed by atoms with E-state index in [2.05, 4.69) is 20.5 Å². The number of rotatable bonds is 4. The quantitative estimate of drug-likeness (QED) is 0.907. The second-order valence-electron chi connectivity index (χ2n) is 4.61. The van der Waals surface area contributed by atoms with Crippen molar-refractivity contribution in [1.82, 2.24) is 20.1 Å². The molecule has 2 aromatic heterocycles. The van der Waals surface area contributed by atoms with Crippen LogP contribution >= 0.6 is 0 Å². The first-order valence-corrected chi connectivity index (χ1v) is 6.19. The molecule has 0 aromatic carbocycles. The van der Waals surface area contributed by atoms with E-state index in [9.17, 15) is 4.79 Å². The zero-order valence-corrected chi connectivity index (χ0v) is 12.0. The molecule has 20 heavy (non-hydrogen) atoms. The molecule has 0 unspecified atom stereocenters. The molecule has 7 nitrogen and oxygen atoms in total. The van der Waals surface area contributed by atoms with E-state index in [0.717, 1.165) is 11.5 Å². The summed E-state index contributed by atoms with van der Waals surface area (Å²) >= 11 is 0. The number of anilines is 1. The molecule has 0 fully saturated rings. The van der Waals surface area contributed by atoms with Crippen LogP contribution in [0.3, 0.4) is 0 Å². The molecule has 0 aliphatic rings. The number of carbonyl (C=O) groups excluding carboxylic acids is 1. The summed E-state index contributed by atoms with van der Waals surface area (Å²) in [7, 11) is 3.34. The van der Waals surface area contributed by atoms with Crippen molar-refractivity contribution >= 4 is 11.7 Å². The number of aryl methyl sites for hydroxylation is 2. The Morgan fingerprint density at radius 2 is 2.05 bits per heavy atom. The molecule has 106 valence electrons. The lowest BCUT2D eigenvalue weighted by atomic mass is 10.3. The van der Waals surface area contributed by atoms with Crippen LogP contribution in [0.1, 0.15) is 27.8 Å². The standard InChI is InChI=1S/C13H17N5O2/c1-8-9(2)20-12(15-8)7-14-11-6-5-10(16-17-11)13(19)18(3)4/h5-6H,7H2,1-4H3,(H,14,17). The van der Waals surface area contributed by atoms with E-state index in [-0.39, 0.29) is 5.91 Å². The summed E-state index contributed by atoms with van der Waals surface area (Å²) in [4.78, 5) is 17.4. The van der Waals surface area contributed by atoms with Crippen LogP contribution in [0.2, 0.25) is 0 Å². The molecule has 2 aromatic rings. The molecule has 2 heterocycles. The summed E-state index contributed by atoms with van der Waals surface area (Å²) in [6.07, 6.45) is 0. The van der Waals surface area contributed by atoms with Crippen molar-refractivity contribution < 1.29 is 9.21 Å². The van der Waals surface area contributed by atoms with Crippen LogP contribution in [0.5, 0.6) is 0 Å². The topological polar surface area (TPSA) is 84.2 Å². The molecule has 1 N–H and O–H groups in total. The van der Waals surface area contributed by atoms with Gasteiger partial charge in [0.25, 0.3) is 5.91 Å². The van der Waals surface area contributed by atoms with Crippen LogP contribution in [0.25, 0.3) is 0 Å². The van der Waals surface area contributed by atoms with Crippen LogP contribution in [0.15, 0.2) is 16.5 Å². The molecule has 2 rings (SSSR count). The maximum absolute atomic E-state index is 11.7. The Hall–Kier alpha value is -2.44. The van der Waals surface area contributed by atoms with Gasteiger partial charge in [0.1, 0.15) is 11.6 Å². The maximum Gasteiger partial charge on any atom is 0.273 e. The number of carbonyl (C=O) groups is 1. The van der Waals surface area contributed by atoms with E-state index in [0.29, 0.717) is 23.9 Å². The van der Waals surface area contributed by atoms with Crippen LogP contribution < -0.4 is 5.32 Å². The van der Waals surface area contributed by atoms with Gasteiger partial charge in [-0.1, -0.05) is 0 Å². The Morgan fingerprint density at radius 1 is 1.30 bits per heavy atom. The highest BCUT2D eigenvalue weighted by molar-refractivity contribution is 5.91. The summed E-state index contributed by atoms with van der Waals surface area (Å²) in [6, 6.07) is 3.33. The van der Waals surface area contributed by atoms with Crippen LogP contribution in [0, 0.1) is 13.8 Å². The van der Waals surface area contributed by atoms with Crippen molar-refractivity contribution in [3.05, 3.63) is 35.2 Å². The Kier molecular flexibility index (Phi) is 3.97. The third kappa shape index (κ3) is 3.11. The molecule has 7 heteroatoms. The number of amides is 1. The number of hydrogen-bond acceptors (Lipinski definition) is 6. The van der Waals surface area contributed by atoms with Crippen molar-refractivity contribution in [2.75, 3.05) is 19.4 Å². The molecule has 0 saturated carbocycles. The predicted octanol–water partition coefficient (Wildman–Crippen LogP) is 1.40. The summed E-state index contributed by atoms with van der Waals surface area (Å²) in [5.41, 5.74) is 1.18. The molecule has 0 radical (unpaired) electrons. The minimum Gasteiger partial charge on any atom is -0.444 e. The Morgan fingerprint density at radius 3 is 2.55 bits per heavy atom. The van der Waals surface area contributed by atoms with Gasteiger partial charge in [-0.2, -0.15) is 0 Å². The SMILES string of the molecule is Cc1nc(CNc2ccc(C(=O)N(C)C)nn2)oc1C. The van der Waals surface area contributed by atoms with Gasteiger partial charge in [-0.15, -0.1) is 10.2 Å². The molecule has 0 aliphatic carbocycles. The van der Waals surface area contributed by atoms with Crippen LogP contribution in [0.4, 0.5) is 5.82 Å². The van der Waals surface area contributed by atoms with Crippen molar-refractivity contribution in [3.8, 4) is 0 Å². The number of aromatic nitrogens is 3. The first-order chi connectivity index (χ1) is 9.47. The normalized spacial score (nSPS) is 10.4. The summed E-state index contributed by atoms with van der Waals surface area (Å²) in [6.45, 7) is 4.18. The van der Waals surface area contributed by atoms with E-state index in [1.807, 2.05) is 13.8 Å². The first kappa shape index (κ1) is 14.0. The van der Waals surface area contributed by atoms with E-state index in [4.69, 9.17) is 4.42 Å². The smallest absolute Gasteiger partial charge is 0.273 e. The summed E-state index contributed by atoms with van der Waals surface area (Å²) < 4.78 is 5.45. The second-order valence-corrected chi connectivity index (χ2v) is 4.61. The third-order valence-electron chi connectivity index (χ3n) is 2.78. The zero-order chi connectivity index (χ0) is 14.7. The molecular formula is C13H17N5O2. The van der Waals surface area contributed by atoms with E-state index in [1.54, 1.807) is 26.2 Å². The average molecular weight is 275 g/mol. The Balaban J connectivity index is 1.99. The van der Waals surface area contributed by atoms with Gasteiger partial charge in [0.05, 0.1) is 12.2 Å². The average Bonchev–Trinajstić information content (AvgIpc) is 2.75. The van der Waals surface area contributed by atoms with Crippen molar-refractivity contribution in [3.63, 3.8) is 0 Å². The maximum atomic E-state index is 11.7. The number of nitrogens with one attached hydrogen (secondary N) is 1. The Bertz CT molecular complexity index is 584. The summed E-state index contributed by atoms with van der Waals surface area (Å²) in [5.74, 6) is 1.78. The molecule has 0 saturated heterocycles. The third-order valence-corrected chi connectivity index (χ3v) is 2.78. The van der Waals surface area contributed by atoms with Gasteiger partial charge in [0, 0.05) is 14.1 Å². The fraction of sp³-hybridized carbons (Fsp3) is 0.385. The highest BCUT2D eigenvalue weighted by Crippen LogP contribution is 2.10. The van der Waals surface area contributed by atoms with Gasteiger partial charge in [-0.05, 0) is 26.0 Å². The highest BCUT2D eigenvalue weighted by atomic mass is 16.4. The van der Waals surface area contributed by atoms with E-state index in [1.165, 1.54) is 4.90 Å². The number of oxazole rings is 1. The van der Waals surface area contributed by atoms with Crippen molar-refractivity contribution in [2.45, 2.75) is 20.4 Å². The molecule has 1 amide bonds. The van der Waals surface area contributed by atoms with Crippen LogP contribution in [-0.4, -0.2) is 40.1 Å². The highest BCUT2D eigenvalue weighted by Gasteiger charge is 2.10. The Labute approximate surface area is 117 Å². The fourth-order valence-electron chi connectivity index (χ4n) is 1.55. The lowest BCUT2D eigenvalue weighted by Crippen LogP contribution is -2.23. The minimum atomic E-state index is -0.178. The molecule has 0 bridgehead atoms. The molecule has 0 atom stereocenters. The lowest BCUT2D eigenvalue weighted by Gasteiger charge is -2.09. The van der Waals surface area contributed by atoms with Crippen LogP contribution in [-0.2, 0) is 6.54 Å². The molecule has 0 aliphatic heterocycles. The molecular weight excluding hydrogens is 258 g/mol. The van der Waals surface area contributed by atoms with E-state index < -0.39 is 0 Å². The predicted molar refractivity (Wildman–Crippen MR) is 73.4 cm³/mol. The van der Waals surface area contributed by atoms with Crippen molar-refractivity contribution in [1.29, 1.82) is 0 Å². The minimum absolute atomic E-state index is 0.178. The first-order valence-electron chi connectivity index (χ1n) is 6.19. The largest absolute Gasteiger partial charge is 0.444 e. The number of nitrogens with zero attached hydrogens (tertiary/aromatic N) is 4. The zero-order valence-electron chi connectivity index (χ0n) is 12.0.